The average Bonchev–Trinajstić information content (AvgIpc) is 3.43. The molecule has 2 aromatic carbocycles. The number of para-hydroxylation sites is 1. The number of thiazole rings is 1. The Balaban J connectivity index is 1.40. The second kappa shape index (κ2) is 8.34. The fourth-order valence-corrected chi connectivity index (χ4v) is 3.48. The van der Waals surface area contributed by atoms with Crippen LogP contribution in [-0.4, -0.2) is 35.1 Å². The number of hydrogen-bond acceptors (Lipinski definition) is 8. The van der Waals surface area contributed by atoms with Gasteiger partial charge in [-0.1, -0.05) is 6.07 Å². The lowest BCUT2D eigenvalue weighted by molar-refractivity contribution is -0.123. The number of carbonyl (C=O) groups excluding carboxylic acids is 2. The minimum Gasteiger partial charge on any atom is -0.497 e. The highest BCUT2D eigenvalue weighted by Crippen LogP contribution is 2.26. The molecule has 2 heterocycles. The number of amides is 1. The largest absolute Gasteiger partial charge is 0.497 e. The molecule has 0 saturated carbocycles. The summed E-state index contributed by atoms with van der Waals surface area (Å²) in [5.74, 6) is -0.388. The van der Waals surface area contributed by atoms with E-state index in [1.807, 2.05) is 29.6 Å². The summed E-state index contributed by atoms with van der Waals surface area (Å²) in [7, 11) is 1.60. The molecule has 4 aromatic rings. The number of benzene rings is 2. The number of esters is 1. The van der Waals surface area contributed by atoms with Crippen molar-refractivity contribution in [1.82, 2.24) is 9.97 Å². The molecule has 1 N–H and O–H groups in total. The fraction of sp³-hybridized carbons (Fsp3) is 0.143. The van der Waals surface area contributed by atoms with E-state index in [2.05, 4.69) is 15.3 Å². The maximum atomic E-state index is 12.5. The van der Waals surface area contributed by atoms with Crippen LogP contribution < -0.4 is 10.1 Å². The summed E-state index contributed by atoms with van der Waals surface area (Å²) >= 11 is 1.28. The van der Waals surface area contributed by atoms with Crippen molar-refractivity contribution < 1.29 is 23.5 Å². The maximum Gasteiger partial charge on any atom is 0.341 e. The van der Waals surface area contributed by atoms with Crippen LogP contribution in [0.25, 0.3) is 22.4 Å². The van der Waals surface area contributed by atoms with Crippen LogP contribution in [-0.2, 0) is 9.53 Å². The Labute approximate surface area is 175 Å². The van der Waals surface area contributed by atoms with Gasteiger partial charge in [-0.15, -0.1) is 11.3 Å². The first kappa shape index (κ1) is 19.6. The zero-order valence-corrected chi connectivity index (χ0v) is 16.9. The molecule has 0 aliphatic rings. The highest BCUT2D eigenvalue weighted by Gasteiger charge is 2.22. The molecule has 8 nitrogen and oxygen atoms in total. The summed E-state index contributed by atoms with van der Waals surface area (Å²) in [6.07, 6.45) is 0.230. The van der Waals surface area contributed by atoms with Crippen molar-refractivity contribution in [2.75, 3.05) is 12.4 Å². The van der Waals surface area contributed by atoms with Crippen molar-refractivity contribution in [3.8, 4) is 17.0 Å². The zero-order chi connectivity index (χ0) is 21.1. The van der Waals surface area contributed by atoms with Crippen molar-refractivity contribution in [3.63, 3.8) is 0 Å². The predicted octanol–water partition coefficient (Wildman–Crippen LogP) is 4.14. The average molecular weight is 423 g/mol. The molecule has 152 valence electrons. The molecule has 1 unspecified atom stereocenters. The first-order valence-electron chi connectivity index (χ1n) is 8.99. The summed E-state index contributed by atoms with van der Waals surface area (Å²) in [4.78, 5) is 33.3. The van der Waals surface area contributed by atoms with E-state index >= 15 is 0 Å². The molecular formula is C21H17N3O5S. The molecule has 30 heavy (non-hydrogen) atoms. The van der Waals surface area contributed by atoms with Crippen molar-refractivity contribution >= 4 is 39.4 Å². The molecule has 0 saturated heterocycles. The molecule has 0 spiro atoms. The lowest BCUT2D eigenvalue weighted by Crippen LogP contribution is -2.30. The van der Waals surface area contributed by atoms with Crippen LogP contribution in [0.15, 0.2) is 58.7 Å². The molecule has 0 aliphatic carbocycles. The summed E-state index contributed by atoms with van der Waals surface area (Å²) in [6.45, 7) is 1.49. The van der Waals surface area contributed by atoms with Gasteiger partial charge in [-0.2, -0.15) is 0 Å². The van der Waals surface area contributed by atoms with Crippen LogP contribution in [0.3, 0.4) is 0 Å². The molecule has 0 radical (unpaired) electrons. The van der Waals surface area contributed by atoms with Crippen molar-refractivity contribution in [2.45, 2.75) is 13.0 Å². The quantitative estimate of drug-likeness (QED) is 0.465. The third-order valence-corrected chi connectivity index (χ3v) is 5.11. The summed E-state index contributed by atoms with van der Waals surface area (Å²) < 4.78 is 15.6. The summed E-state index contributed by atoms with van der Waals surface area (Å²) in [6, 6.07) is 12.4. The van der Waals surface area contributed by atoms with Crippen LogP contribution in [0.4, 0.5) is 5.13 Å². The van der Waals surface area contributed by atoms with Gasteiger partial charge in [0.25, 0.3) is 5.91 Å². The van der Waals surface area contributed by atoms with Crippen LogP contribution in [0.5, 0.6) is 5.75 Å². The predicted molar refractivity (Wildman–Crippen MR) is 112 cm³/mol. The number of oxazole rings is 1. The van der Waals surface area contributed by atoms with Crippen LogP contribution in [0.2, 0.25) is 0 Å². The van der Waals surface area contributed by atoms with Gasteiger partial charge in [0.15, 0.2) is 23.2 Å². The number of anilines is 1. The molecule has 1 amide bonds. The van der Waals surface area contributed by atoms with Crippen molar-refractivity contribution in [2.24, 2.45) is 0 Å². The monoisotopic (exact) mass is 423 g/mol. The number of carbonyl (C=O) groups is 2. The SMILES string of the molecule is COc1ccc(-c2csc(NC(=O)C(C)OC(=O)c3cccc4ocnc34)n2)cc1. The molecule has 1 atom stereocenters. The number of hydrogen-bond donors (Lipinski definition) is 1. The van der Waals surface area contributed by atoms with Crippen molar-refractivity contribution in [1.29, 1.82) is 0 Å². The smallest absolute Gasteiger partial charge is 0.341 e. The number of rotatable bonds is 6. The number of nitrogens with zero attached hydrogens (tertiary/aromatic N) is 2. The van der Waals surface area contributed by atoms with E-state index in [1.165, 1.54) is 24.7 Å². The fourth-order valence-electron chi connectivity index (χ4n) is 2.76. The first-order valence-corrected chi connectivity index (χ1v) is 9.87. The number of aromatic nitrogens is 2. The maximum absolute atomic E-state index is 12.5. The minimum absolute atomic E-state index is 0.233. The Morgan fingerprint density at radius 3 is 2.73 bits per heavy atom. The number of methoxy groups -OCH3 is 1. The van der Waals surface area contributed by atoms with E-state index in [9.17, 15) is 9.59 Å². The van der Waals surface area contributed by atoms with Crippen molar-refractivity contribution in [3.05, 3.63) is 59.8 Å². The molecule has 4 rings (SSSR count). The van der Waals surface area contributed by atoms with Gasteiger partial charge in [0.05, 0.1) is 18.4 Å². The first-order chi connectivity index (χ1) is 14.5. The van der Waals surface area contributed by atoms with E-state index in [0.717, 1.165) is 17.0 Å². The second-order valence-corrected chi connectivity index (χ2v) is 7.17. The van der Waals surface area contributed by atoms with E-state index in [0.29, 0.717) is 16.2 Å². The molecule has 9 heteroatoms. The van der Waals surface area contributed by atoms with Gasteiger partial charge in [-0.3, -0.25) is 10.1 Å². The number of fused-ring (bicyclic) bond motifs is 1. The highest BCUT2D eigenvalue weighted by molar-refractivity contribution is 7.14. The van der Waals surface area contributed by atoms with Crippen LogP contribution >= 0.6 is 11.3 Å². The van der Waals surface area contributed by atoms with Gasteiger partial charge < -0.3 is 13.9 Å². The molecule has 0 bridgehead atoms. The molecule has 0 aliphatic heterocycles. The normalized spacial score (nSPS) is 11.8. The zero-order valence-electron chi connectivity index (χ0n) is 16.1. The Bertz CT molecular complexity index is 1200. The Kier molecular flexibility index (Phi) is 5.44. The lowest BCUT2D eigenvalue weighted by atomic mass is 10.2. The second-order valence-electron chi connectivity index (χ2n) is 6.31. The standard InChI is InChI=1S/C21H17N3O5S/c1-12(29-20(26)15-4-3-5-17-18(15)22-11-28-17)19(25)24-21-23-16(10-30-21)13-6-8-14(27-2)9-7-13/h3-12H,1-2H3,(H,23,24,25). The van der Waals surface area contributed by atoms with Gasteiger partial charge in [0, 0.05) is 10.9 Å². The molecular weight excluding hydrogens is 406 g/mol. The summed E-state index contributed by atoms with van der Waals surface area (Å²) in [5.41, 5.74) is 2.71. The third-order valence-electron chi connectivity index (χ3n) is 4.35. The number of nitrogens with one attached hydrogen (secondary N) is 1. The van der Waals surface area contributed by atoms with Gasteiger partial charge in [0.2, 0.25) is 0 Å². The Morgan fingerprint density at radius 2 is 1.97 bits per heavy atom. The lowest BCUT2D eigenvalue weighted by Gasteiger charge is -2.12. The van der Waals surface area contributed by atoms with Gasteiger partial charge in [0.1, 0.15) is 11.3 Å². The summed E-state index contributed by atoms with van der Waals surface area (Å²) in [5, 5.41) is 4.92. The minimum atomic E-state index is -1.02. The van der Waals surface area contributed by atoms with Gasteiger partial charge in [-0.25, -0.2) is 14.8 Å². The van der Waals surface area contributed by atoms with Gasteiger partial charge >= 0.3 is 5.97 Å². The van der Waals surface area contributed by atoms with E-state index in [1.54, 1.807) is 25.3 Å². The molecule has 0 fully saturated rings. The number of ether oxygens (including phenoxy) is 2. The van der Waals surface area contributed by atoms with Crippen LogP contribution in [0.1, 0.15) is 17.3 Å². The van der Waals surface area contributed by atoms with Gasteiger partial charge in [-0.05, 0) is 43.3 Å². The molecule has 2 aromatic heterocycles. The van der Waals surface area contributed by atoms with E-state index in [-0.39, 0.29) is 5.56 Å². The van der Waals surface area contributed by atoms with E-state index in [4.69, 9.17) is 13.9 Å². The highest BCUT2D eigenvalue weighted by atomic mass is 32.1. The Hall–Kier alpha value is -3.72. The topological polar surface area (TPSA) is 104 Å². The van der Waals surface area contributed by atoms with E-state index < -0.39 is 18.0 Å². The Morgan fingerprint density at radius 1 is 1.17 bits per heavy atom. The van der Waals surface area contributed by atoms with Crippen LogP contribution in [0, 0.1) is 0 Å². The third kappa shape index (κ3) is 4.01.